The first-order chi connectivity index (χ1) is 7.31. The number of nitrogens with zero attached hydrogens (tertiary/aromatic N) is 1. The lowest BCUT2D eigenvalue weighted by atomic mass is 10.1. The molecule has 3 nitrogen and oxygen atoms in total. The van der Waals surface area contributed by atoms with E-state index in [9.17, 15) is 0 Å². The minimum Gasteiger partial charge on any atom is -0.395 e. The van der Waals surface area contributed by atoms with Crippen molar-refractivity contribution in [3.8, 4) is 0 Å². The lowest BCUT2D eigenvalue weighted by Crippen LogP contribution is -2.27. The van der Waals surface area contributed by atoms with E-state index in [0.717, 1.165) is 16.5 Å². The molecule has 0 fully saturated rings. The van der Waals surface area contributed by atoms with Crippen LogP contribution in [0.15, 0.2) is 36.5 Å². The molecule has 0 amide bonds. The Morgan fingerprint density at radius 3 is 2.75 bits per heavy atom. The zero-order valence-electron chi connectivity index (χ0n) is 8.84. The molecule has 0 radical (unpaired) electrons. The molecular formula is C12H15ClN2O. The highest BCUT2D eigenvalue weighted by Gasteiger charge is 2.06. The molecule has 0 aliphatic carbocycles. The molecule has 0 unspecified atom stereocenters. The smallest absolute Gasteiger partial charge is 0.0586 e. The van der Waals surface area contributed by atoms with Gasteiger partial charge in [-0.1, -0.05) is 24.3 Å². The summed E-state index contributed by atoms with van der Waals surface area (Å²) in [7, 11) is 0. The van der Waals surface area contributed by atoms with Gasteiger partial charge in [-0.15, -0.1) is 12.4 Å². The standard InChI is InChI=1S/C12H14N2O.ClH/c13-10(8-15)7-12-11-4-2-1-3-9(11)5-6-14-12;/h1-6,10,15H,7-8,13H2;1H/t10-;/m1./s1. The van der Waals surface area contributed by atoms with Gasteiger partial charge in [-0.3, -0.25) is 4.98 Å². The second-order valence-corrected chi connectivity index (χ2v) is 3.63. The maximum Gasteiger partial charge on any atom is 0.0586 e. The number of nitrogens with two attached hydrogens (primary N) is 1. The Hall–Kier alpha value is -1.16. The number of rotatable bonds is 3. The molecule has 86 valence electrons. The van der Waals surface area contributed by atoms with E-state index in [0.29, 0.717) is 6.42 Å². The highest BCUT2D eigenvalue weighted by Crippen LogP contribution is 2.16. The second-order valence-electron chi connectivity index (χ2n) is 3.63. The molecule has 2 aromatic rings. The van der Waals surface area contributed by atoms with Crippen LogP contribution in [-0.4, -0.2) is 22.7 Å². The van der Waals surface area contributed by atoms with Crippen LogP contribution in [0, 0.1) is 0 Å². The lowest BCUT2D eigenvalue weighted by molar-refractivity contribution is 0.265. The first kappa shape index (κ1) is 12.9. The van der Waals surface area contributed by atoms with Gasteiger partial charge in [0, 0.05) is 29.7 Å². The molecule has 4 heteroatoms. The number of aromatic nitrogens is 1. The Kier molecular flexibility index (Phi) is 4.68. The molecule has 0 saturated heterocycles. The number of aliphatic hydroxyl groups excluding tert-OH is 1. The van der Waals surface area contributed by atoms with Crippen LogP contribution in [0.25, 0.3) is 10.8 Å². The first-order valence-corrected chi connectivity index (χ1v) is 5.00. The SMILES string of the molecule is Cl.N[C@@H](CO)Cc1nccc2ccccc12. The quantitative estimate of drug-likeness (QED) is 0.853. The van der Waals surface area contributed by atoms with Crippen LogP contribution >= 0.6 is 12.4 Å². The molecule has 1 aromatic heterocycles. The van der Waals surface area contributed by atoms with Gasteiger partial charge in [-0.25, -0.2) is 0 Å². The predicted molar refractivity (Wildman–Crippen MR) is 67.8 cm³/mol. The molecule has 0 saturated carbocycles. The molecule has 1 atom stereocenters. The van der Waals surface area contributed by atoms with Crippen LogP contribution in [0.3, 0.4) is 0 Å². The molecule has 2 rings (SSSR count). The summed E-state index contributed by atoms with van der Waals surface area (Å²) in [5.41, 5.74) is 6.66. The van der Waals surface area contributed by atoms with Crippen molar-refractivity contribution in [1.82, 2.24) is 4.98 Å². The van der Waals surface area contributed by atoms with E-state index in [1.165, 1.54) is 0 Å². The van der Waals surface area contributed by atoms with Gasteiger partial charge in [0.05, 0.1) is 6.61 Å². The molecular weight excluding hydrogens is 224 g/mol. The summed E-state index contributed by atoms with van der Waals surface area (Å²) < 4.78 is 0. The lowest BCUT2D eigenvalue weighted by Gasteiger charge is -2.09. The third-order valence-electron chi connectivity index (χ3n) is 2.45. The minimum atomic E-state index is -0.233. The van der Waals surface area contributed by atoms with Crippen molar-refractivity contribution in [3.63, 3.8) is 0 Å². The zero-order valence-corrected chi connectivity index (χ0v) is 9.65. The number of aliphatic hydroxyl groups is 1. The largest absolute Gasteiger partial charge is 0.395 e. The van der Waals surface area contributed by atoms with Gasteiger partial charge in [0.25, 0.3) is 0 Å². The number of halogens is 1. The van der Waals surface area contributed by atoms with E-state index in [4.69, 9.17) is 10.8 Å². The average molecular weight is 239 g/mol. The predicted octanol–water partition coefficient (Wildman–Crippen LogP) is 1.52. The van der Waals surface area contributed by atoms with Crippen LogP contribution in [0.1, 0.15) is 5.69 Å². The molecule has 1 heterocycles. The van der Waals surface area contributed by atoms with Crippen molar-refractivity contribution >= 4 is 23.2 Å². The van der Waals surface area contributed by atoms with E-state index < -0.39 is 0 Å². The molecule has 1 aromatic carbocycles. The Balaban J connectivity index is 0.00000128. The number of benzene rings is 1. The number of fused-ring (bicyclic) bond motifs is 1. The summed E-state index contributed by atoms with van der Waals surface area (Å²) in [6.07, 6.45) is 2.39. The minimum absolute atomic E-state index is 0. The monoisotopic (exact) mass is 238 g/mol. The topological polar surface area (TPSA) is 59.1 Å². The summed E-state index contributed by atoms with van der Waals surface area (Å²) >= 11 is 0. The highest BCUT2D eigenvalue weighted by molar-refractivity contribution is 5.85. The Bertz CT molecular complexity index is 456. The van der Waals surface area contributed by atoms with E-state index in [1.54, 1.807) is 6.20 Å². The van der Waals surface area contributed by atoms with Crippen molar-refractivity contribution in [2.45, 2.75) is 12.5 Å². The first-order valence-electron chi connectivity index (χ1n) is 5.00. The van der Waals surface area contributed by atoms with Crippen molar-refractivity contribution in [1.29, 1.82) is 0 Å². The van der Waals surface area contributed by atoms with Gasteiger partial charge >= 0.3 is 0 Å². The summed E-state index contributed by atoms with van der Waals surface area (Å²) in [5, 5.41) is 11.2. The zero-order chi connectivity index (χ0) is 10.7. The summed E-state index contributed by atoms with van der Waals surface area (Å²) in [4.78, 5) is 4.30. The molecule has 0 aliphatic rings. The normalized spacial score (nSPS) is 12.1. The van der Waals surface area contributed by atoms with E-state index in [1.807, 2.05) is 30.3 Å². The van der Waals surface area contributed by atoms with Crippen molar-refractivity contribution < 1.29 is 5.11 Å². The van der Waals surface area contributed by atoms with E-state index in [-0.39, 0.29) is 25.1 Å². The van der Waals surface area contributed by atoms with E-state index in [2.05, 4.69) is 4.98 Å². The number of hydrogen-bond donors (Lipinski definition) is 2. The van der Waals surface area contributed by atoms with Crippen LogP contribution < -0.4 is 5.73 Å². The summed E-state index contributed by atoms with van der Waals surface area (Å²) in [5.74, 6) is 0. The Morgan fingerprint density at radius 2 is 2.00 bits per heavy atom. The van der Waals surface area contributed by atoms with E-state index >= 15 is 0 Å². The molecule has 0 aliphatic heterocycles. The van der Waals surface area contributed by atoms with Crippen molar-refractivity contribution in [2.24, 2.45) is 5.73 Å². The van der Waals surface area contributed by atoms with Gasteiger partial charge in [0.15, 0.2) is 0 Å². The van der Waals surface area contributed by atoms with Crippen LogP contribution in [-0.2, 0) is 6.42 Å². The van der Waals surface area contributed by atoms with Crippen molar-refractivity contribution in [3.05, 3.63) is 42.2 Å². The van der Waals surface area contributed by atoms with Gasteiger partial charge < -0.3 is 10.8 Å². The van der Waals surface area contributed by atoms with Crippen LogP contribution in [0.4, 0.5) is 0 Å². The average Bonchev–Trinajstić information content (AvgIpc) is 2.29. The Morgan fingerprint density at radius 1 is 1.25 bits per heavy atom. The molecule has 0 spiro atoms. The second kappa shape index (κ2) is 5.80. The molecule has 16 heavy (non-hydrogen) atoms. The molecule has 0 bridgehead atoms. The number of hydrogen-bond acceptors (Lipinski definition) is 3. The summed E-state index contributed by atoms with van der Waals surface area (Å²) in [6.45, 7) is -0.00903. The fraction of sp³-hybridized carbons (Fsp3) is 0.250. The third-order valence-corrected chi connectivity index (χ3v) is 2.45. The fourth-order valence-electron chi connectivity index (χ4n) is 1.66. The fourth-order valence-corrected chi connectivity index (χ4v) is 1.66. The highest BCUT2D eigenvalue weighted by atomic mass is 35.5. The summed E-state index contributed by atoms with van der Waals surface area (Å²) in [6, 6.07) is 9.80. The van der Waals surface area contributed by atoms with Gasteiger partial charge in [-0.2, -0.15) is 0 Å². The Labute approximate surface area is 101 Å². The van der Waals surface area contributed by atoms with Gasteiger partial charge in [0.2, 0.25) is 0 Å². The maximum atomic E-state index is 8.92. The van der Waals surface area contributed by atoms with Gasteiger partial charge in [-0.05, 0) is 11.5 Å². The van der Waals surface area contributed by atoms with Crippen LogP contribution in [0.2, 0.25) is 0 Å². The maximum absolute atomic E-state index is 8.92. The van der Waals surface area contributed by atoms with Crippen LogP contribution in [0.5, 0.6) is 0 Å². The van der Waals surface area contributed by atoms with Crippen molar-refractivity contribution in [2.75, 3.05) is 6.61 Å². The van der Waals surface area contributed by atoms with Gasteiger partial charge in [0.1, 0.15) is 0 Å². The third kappa shape index (κ3) is 2.70. The number of pyridine rings is 1. The molecule has 3 N–H and O–H groups in total.